The summed E-state index contributed by atoms with van der Waals surface area (Å²) in [5.41, 5.74) is 3.00. The highest BCUT2D eigenvalue weighted by Gasteiger charge is 2.31. The van der Waals surface area contributed by atoms with E-state index in [0.29, 0.717) is 42.0 Å². The molecule has 1 amide bonds. The smallest absolute Gasteiger partial charge is 0.229 e. The summed E-state index contributed by atoms with van der Waals surface area (Å²) in [6, 6.07) is 14.0. The second kappa shape index (κ2) is 11.8. The Bertz CT molecular complexity index is 1190. The first-order chi connectivity index (χ1) is 17.9. The maximum absolute atomic E-state index is 13.0. The van der Waals surface area contributed by atoms with Gasteiger partial charge in [0.05, 0.1) is 27.2 Å². The van der Waals surface area contributed by atoms with Crippen LogP contribution in [0.3, 0.4) is 0 Å². The number of hydrogen-bond donors (Lipinski definition) is 2. The van der Waals surface area contributed by atoms with Gasteiger partial charge in [0.25, 0.3) is 0 Å². The highest BCUT2D eigenvalue weighted by Crippen LogP contribution is 2.40. The van der Waals surface area contributed by atoms with Crippen LogP contribution in [0.5, 0.6) is 17.2 Å². The van der Waals surface area contributed by atoms with Gasteiger partial charge in [-0.25, -0.2) is 4.98 Å². The second-order valence-corrected chi connectivity index (χ2v) is 9.26. The molecule has 1 fully saturated rings. The van der Waals surface area contributed by atoms with E-state index >= 15 is 0 Å². The van der Waals surface area contributed by atoms with E-state index in [-0.39, 0.29) is 17.9 Å². The molecular weight excluding hydrogens is 470 g/mol. The predicted octanol–water partition coefficient (Wildman–Crippen LogP) is 4.48. The molecule has 0 saturated carbocycles. The lowest BCUT2D eigenvalue weighted by atomic mass is 9.92. The maximum atomic E-state index is 13.0. The first kappa shape index (κ1) is 26.1. The van der Waals surface area contributed by atoms with Crippen LogP contribution in [-0.4, -0.2) is 49.8 Å². The molecule has 0 spiro atoms. The Morgan fingerprint density at radius 2 is 1.73 bits per heavy atom. The monoisotopic (exact) mass is 505 g/mol. The fraction of sp³-hybridized carbons (Fsp3) is 0.393. The molecule has 0 radical (unpaired) electrons. The summed E-state index contributed by atoms with van der Waals surface area (Å²) in [5.74, 6) is 2.75. The molecule has 9 heteroatoms. The Kier molecular flexibility index (Phi) is 8.32. The highest BCUT2D eigenvalue weighted by molar-refractivity contribution is 5.79. The van der Waals surface area contributed by atoms with Gasteiger partial charge in [0.15, 0.2) is 11.5 Å². The Labute approximate surface area is 218 Å². The topological polar surface area (TPSA) is 97.8 Å². The number of aryl methyl sites for hydroxylation is 1. The van der Waals surface area contributed by atoms with Crippen LogP contribution in [0.15, 0.2) is 48.7 Å². The molecule has 0 bridgehead atoms. The minimum atomic E-state index is -0.108. The van der Waals surface area contributed by atoms with E-state index in [4.69, 9.17) is 19.2 Å². The van der Waals surface area contributed by atoms with Crippen molar-refractivity contribution in [3.05, 3.63) is 59.8 Å². The number of piperidine rings is 1. The number of aromatic nitrogens is 2. The lowest BCUT2D eigenvalue weighted by Gasteiger charge is -2.38. The van der Waals surface area contributed by atoms with E-state index in [2.05, 4.69) is 46.5 Å². The summed E-state index contributed by atoms with van der Waals surface area (Å²) in [5, 5.41) is 6.34. The van der Waals surface area contributed by atoms with E-state index in [9.17, 15) is 4.79 Å². The molecule has 37 heavy (non-hydrogen) atoms. The summed E-state index contributed by atoms with van der Waals surface area (Å²) in [7, 11) is 4.71. The molecule has 2 aromatic carbocycles. The molecule has 0 aliphatic carbocycles. The fourth-order valence-electron chi connectivity index (χ4n) is 4.53. The van der Waals surface area contributed by atoms with E-state index in [1.165, 1.54) is 5.56 Å². The van der Waals surface area contributed by atoms with Crippen molar-refractivity contribution in [3.8, 4) is 17.2 Å². The summed E-state index contributed by atoms with van der Waals surface area (Å²) in [4.78, 5) is 24.3. The van der Waals surface area contributed by atoms with Gasteiger partial charge < -0.3 is 29.7 Å². The fourth-order valence-corrected chi connectivity index (χ4v) is 4.53. The SMILES string of the molecule is COc1cc(Nc2nccc(N3CC(C(=O)NCc4ccc(C)cc4)CCC3C)n2)cc(OC)c1OC. The number of nitrogens with one attached hydrogen (secondary N) is 2. The van der Waals surface area contributed by atoms with Gasteiger partial charge >= 0.3 is 0 Å². The van der Waals surface area contributed by atoms with Crippen LogP contribution in [0.25, 0.3) is 0 Å². The Balaban J connectivity index is 1.46. The molecule has 9 nitrogen and oxygen atoms in total. The Morgan fingerprint density at radius 1 is 1.03 bits per heavy atom. The van der Waals surface area contributed by atoms with Gasteiger partial charge in [-0.2, -0.15) is 4.98 Å². The molecule has 1 aromatic heterocycles. The summed E-state index contributed by atoms with van der Waals surface area (Å²) in [6.07, 6.45) is 3.47. The summed E-state index contributed by atoms with van der Waals surface area (Å²) < 4.78 is 16.3. The van der Waals surface area contributed by atoms with Crippen molar-refractivity contribution in [2.45, 2.75) is 39.3 Å². The quantitative estimate of drug-likeness (QED) is 0.440. The van der Waals surface area contributed by atoms with Gasteiger partial charge in [-0.15, -0.1) is 0 Å². The largest absolute Gasteiger partial charge is 0.493 e. The van der Waals surface area contributed by atoms with Gasteiger partial charge in [0, 0.05) is 43.1 Å². The van der Waals surface area contributed by atoms with Gasteiger partial charge in [0.1, 0.15) is 5.82 Å². The predicted molar refractivity (Wildman–Crippen MR) is 144 cm³/mol. The molecule has 1 saturated heterocycles. The van der Waals surface area contributed by atoms with Crippen LogP contribution in [0, 0.1) is 12.8 Å². The number of ether oxygens (including phenoxy) is 3. The zero-order chi connectivity index (χ0) is 26.4. The molecule has 2 unspecified atom stereocenters. The van der Waals surface area contributed by atoms with Crippen molar-refractivity contribution < 1.29 is 19.0 Å². The van der Waals surface area contributed by atoms with Gasteiger partial charge in [-0.3, -0.25) is 4.79 Å². The maximum Gasteiger partial charge on any atom is 0.229 e. The number of rotatable bonds is 9. The van der Waals surface area contributed by atoms with E-state index in [1.807, 2.05) is 18.2 Å². The van der Waals surface area contributed by atoms with Crippen LogP contribution in [0.1, 0.15) is 30.9 Å². The number of benzene rings is 2. The van der Waals surface area contributed by atoms with E-state index in [0.717, 1.165) is 24.2 Å². The number of anilines is 3. The normalized spacial score (nSPS) is 17.2. The number of amides is 1. The standard InChI is InChI=1S/C28H35N5O4/c1-18-6-9-20(10-7-18)16-30-27(34)21-11-8-19(2)33(17-21)25-12-13-29-28(32-25)31-22-14-23(35-3)26(37-5)24(15-22)36-4/h6-7,9-10,12-15,19,21H,8,11,16-17H2,1-5H3,(H,30,34)(H,29,31,32). The molecule has 1 aliphatic heterocycles. The van der Waals surface area contributed by atoms with Gasteiger partial charge in [0.2, 0.25) is 17.6 Å². The third kappa shape index (κ3) is 6.22. The van der Waals surface area contributed by atoms with Crippen LogP contribution in [-0.2, 0) is 11.3 Å². The molecule has 2 heterocycles. The van der Waals surface area contributed by atoms with Crippen molar-refractivity contribution >= 4 is 23.4 Å². The molecule has 1 aliphatic rings. The third-order valence-electron chi connectivity index (χ3n) is 6.70. The van der Waals surface area contributed by atoms with Crippen LogP contribution in [0.2, 0.25) is 0 Å². The van der Waals surface area contributed by atoms with Crippen LogP contribution >= 0.6 is 0 Å². The highest BCUT2D eigenvalue weighted by atomic mass is 16.5. The van der Waals surface area contributed by atoms with Crippen molar-refractivity contribution in [1.29, 1.82) is 0 Å². The van der Waals surface area contributed by atoms with E-state index in [1.54, 1.807) is 39.7 Å². The second-order valence-electron chi connectivity index (χ2n) is 9.26. The summed E-state index contributed by atoms with van der Waals surface area (Å²) >= 11 is 0. The lowest BCUT2D eigenvalue weighted by molar-refractivity contribution is -0.125. The first-order valence-electron chi connectivity index (χ1n) is 12.4. The molecular formula is C28H35N5O4. The van der Waals surface area contributed by atoms with E-state index < -0.39 is 0 Å². The number of methoxy groups -OCH3 is 3. The molecule has 196 valence electrons. The molecule has 2 atom stereocenters. The number of hydrogen-bond acceptors (Lipinski definition) is 8. The van der Waals surface area contributed by atoms with Crippen molar-refractivity contribution in [2.75, 3.05) is 38.1 Å². The minimum Gasteiger partial charge on any atom is -0.493 e. The zero-order valence-electron chi connectivity index (χ0n) is 22.1. The number of nitrogens with zero attached hydrogens (tertiary/aromatic N) is 3. The minimum absolute atomic E-state index is 0.0716. The first-order valence-corrected chi connectivity index (χ1v) is 12.4. The van der Waals surface area contributed by atoms with Crippen molar-refractivity contribution in [3.63, 3.8) is 0 Å². The Morgan fingerprint density at radius 3 is 2.38 bits per heavy atom. The number of carbonyl (C=O) groups is 1. The average molecular weight is 506 g/mol. The Hall–Kier alpha value is -4.01. The van der Waals surface area contributed by atoms with Gasteiger partial charge in [-0.05, 0) is 38.3 Å². The molecule has 3 aromatic rings. The summed E-state index contributed by atoms with van der Waals surface area (Å²) in [6.45, 7) is 5.34. The van der Waals surface area contributed by atoms with Crippen LogP contribution < -0.4 is 29.7 Å². The van der Waals surface area contributed by atoms with Gasteiger partial charge in [-0.1, -0.05) is 29.8 Å². The average Bonchev–Trinajstić information content (AvgIpc) is 2.92. The lowest BCUT2D eigenvalue weighted by Crippen LogP contribution is -2.47. The van der Waals surface area contributed by atoms with Crippen molar-refractivity contribution in [1.82, 2.24) is 15.3 Å². The van der Waals surface area contributed by atoms with Crippen molar-refractivity contribution in [2.24, 2.45) is 5.92 Å². The third-order valence-corrected chi connectivity index (χ3v) is 6.70. The van der Waals surface area contributed by atoms with Crippen LogP contribution in [0.4, 0.5) is 17.5 Å². The molecule has 4 rings (SSSR count). The zero-order valence-corrected chi connectivity index (χ0v) is 22.1. The molecule has 2 N–H and O–H groups in total. The number of carbonyl (C=O) groups excluding carboxylic acids is 1.